The Morgan fingerprint density at radius 2 is 1.77 bits per heavy atom. The predicted octanol–water partition coefficient (Wildman–Crippen LogP) is 5.12. The lowest BCUT2D eigenvalue weighted by atomic mass is 9.98. The summed E-state index contributed by atoms with van der Waals surface area (Å²) in [6.45, 7) is 0.138. The van der Waals surface area contributed by atoms with Gasteiger partial charge in [0.05, 0.1) is 35.6 Å². The summed E-state index contributed by atoms with van der Waals surface area (Å²) in [6.07, 6.45) is -3.87. The van der Waals surface area contributed by atoms with E-state index in [4.69, 9.17) is 14.6 Å². The van der Waals surface area contributed by atoms with E-state index in [1.807, 2.05) is 12.1 Å². The fourth-order valence-electron chi connectivity index (χ4n) is 4.37. The summed E-state index contributed by atoms with van der Waals surface area (Å²) in [5, 5.41) is 22.5. The molecular formula is C30H29F3N2O5. The van der Waals surface area contributed by atoms with E-state index in [1.165, 1.54) is 6.07 Å². The molecule has 4 aromatic rings. The van der Waals surface area contributed by atoms with E-state index < -0.39 is 17.7 Å². The summed E-state index contributed by atoms with van der Waals surface area (Å²) < 4.78 is 50.3. The van der Waals surface area contributed by atoms with Gasteiger partial charge < -0.3 is 25.0 Å². The van der Waals surface area contributed by atoms with Crippen LogP contribution in [0.4, 0.5) is 13.2 Å². The second-order valence-electron chi connectivity index (χ2n) is 9.23. The maximum Gasteiger partial charge on any atom is 0.416 e. The van der Waals surface area contributed by atoms with Crippen LogP contribution in [0.15, 0.2) is 72.8 Å². The Balaban J connectivity index is 1.65. The Morgan fingerprint density at radius 3 is 2.48 bits per heavy atom. The van der Waals surface area contributed by atoms with Crippen LogP contribution in [0.2, 0.25) is 0 Å². The van der Waals surface area contributed by atoms with Crippen molar-refractivity contribution >= 4 is 16.9 Å². The van der Waals surface area contributed by atoms with Crippen molar-refractivity contribution in [3.63, 3.8) is 0 Å². The highest BCUT2D eigenvalue weighted by molar-refractivity contribution is 6.04. The first-order valence-corrected chi connectivity index (χ1v) is 12.6. The maximum absolute atomic E-state index is 13.3. The van der Waals surface area contributed by atoms with E-state index in [0.29, 0.717) is 40.8 Å². The molecule has 1 atom stereocenters. The highest BCUT2D eigenvalue weighted by Crippen LogP contribution is 2.33. The number of hydrogen-bond donors (Lipinski definition) is 3. The molecule has 0 saturated carbocycles. The molecule has 1 heterocycles. The van der Waals surface area contributed by atoms with Crippen molar-refractivity contribution in [1.82, 2.24) is 10.3 Å². The third-order valence-electron chi connectivity index (χ3n) is 6.29. The van der Waals surface area contributed by atoms with Crippen molar-refractivity contribution in [2.24, 2.45) is 0 Å². The van der Waals surface area contributed by atoms with Gasteiger partial charge in [-0.05, 0) is 65.6 Å². The number of aliphatic hydroxyl groups excluding tert-OH is 1. The summed E-state index contributed by atoms with van der Waals surface area (Å²) in [4.78, 5) is 17.6. The maximum atomic E-state index is 13.3. The van der Waals surface area contributed by atoms with E-state index >= 15 is 0 Å². The minimum atomic E-state index is -4.49. The van der Waals surface area contributed by atoms with Gasteiger partial charge in [0.2, 0.25) is 0 Å². The molecule has 0 unspecified atom stereocenters. The third kappa shape index (κ3) is 7.35. The Kier molecular flexibility index (Phi) is 9.36. The van der Waals surface area contributed by atoms with Crippen molar-refractivity contribution in [3.05, 3.63) is 95.2 Å². The quantitative estimate of drug-likeness (QED) is 0.221. The third-order valence-corrected chi connectivity index (χ3v) is 6.29. The first kappa shape index (κ1) is 29.0. The molecular weight excluding hydrogens is 525 g/mol. The van der Waals surface area contributed by atoms with Crippen molar-refractivity contribution < 1.29 is 37.7 Å². The average molecular weight is 555 g/mol. The van der Waals surface area contributed by atoms with E-state index in [-0.39, 0.29) is 37.1 Å². The van der Waals surface area contributed by atoms with Gasteiger partial charge in [-0.25, -0.2) is 4.79 Å². The lowest BCUT2D eigenvalue weighted by Gasteiger charge is -2.19. The van der Waals surface area contributed by atoms with Crippen LogP contribution < -0.4 is 5.32 Å². The second kappa shape index (κ2) is 12.9. The molecule has 0 radical (unpaired) electrons. The van der Waals surface area contributed by atoms with E-state index in [1.54, 1.807) is 49.6 Å². The van der Waals surface area contributed by atoms with Gasteiger partial charge in [-0.1, -0.05) is 30.3 Å². The van der Waals surface area contributed by atoms with Crippen LogP contribution >= 0.6 is 0 Å². The Morgan fingerprint density at radius 1 is 1.02 bits per heavy atom. The number of nitrogens with zero attached hydrogens (tertiary/aromatic N) is 1. The number of methoxy groups -OCH3 is 1. The minimum absolute atomic E-state index is 0.0971. The summed E-state index contributed by atoms with van der Waals surface area (Å²) in [5.41, 5.74) is 2.24. The fraction of sp³-hybridized carbons (Fsp3) is 0.267. The van der Waals surface area contributed by atoms with E-state index in [0.717, 1.165) is 17.7 Å². The van der Waals surface area contributed by atoms with Gasteiger partial charge in [-0.2, -0.15) is 13.2 Å². The number of carbonyl (C=O) groups excluding carboxylic acids is 1. The highest BCUT2D eigenvalue weighted by atomic mass is 19.4. The summed E-state index contributed by atoms with van der Waals surface area (Å²) in [6, 6.07) is 18.2. The number of ether oxygens (including phenoxy) is 2. The molecule has 0 aliphatic heterocycles. The Hall–Kier alpha value is -3.99. The fourth-order valence-corrected chi connectivity index (χ4v) is 4.37. The number of carbonyl (C=O) groups is 1. The molecule has 1 aromatic heterocycles. The van der Waals surface area contributed by atoms with Crippen LogP contribution in [-0.2, 0) is 28.6 Å². The number of benzene rings is 3. The van der Waals surface area contributed by atoms with Crippen LogP contribution in [0.25, 0.3) is 22.0 Å². The molecule has 4 rings (SSSR count). The van der Waals surface area contributed by atoms with Crippen LogP contribution in [0.1, 0.15) is 27.2 Å². The number of aromatic hydroxyl groups is 1. The van der Waals surface area contributed by atoms with Crippen molar-refractivity contribution in [2.75, 3.05) is 26.9 Å². The van der Waals surface area contributed by atoms with Gasteiger partial charge in [-0.15, -0.1) is 0 Å². The van der Waals surface area contributed by atoms with Crippen LogP contribution in [-0.4, -0.2) is 54.1 Å². The van der Waals surface area contributed by atoms with Crippen LogP contribution in [0.3, 0.4) is 0 Å². The molecule has 0 saturated heterocycles. The summed E-state index contributed by atoms with van der Waals surface area (Å²) in [5.74, 6) is -0.501. The molecule has 0 spiro atoms. The molecule has 40 heavy (non-hydrogen) atoms. The number of phenols is 1. The van der Waals surface area contributed by atoms with Crippen LogP contribution in [0, 0.1) is 0 Å². The zero-order valence-corrected chi connectivity index (χ0v) is 21.7. The zero-order chi connectivity index (χ0) is 28.7. The number of hydrogen-bond acceptors (Lipinski definition) is 7. The number of phenolic OH excluding ortho intramolecular Hbond substituents is 1. The molecule has 3 aromatic carbocycles. The number of halogens is 3. The number of alkyl halides is 3. The normalized spacial score (nSPS) is 12.4. The van der Waals surface area contributed by atoms with Crippen molar-refractivity contribution in [2.45, 2.75) is 25.2 Å². The molecule has 0 bridgehead atoms. The van der Waals surface area contributed by atoms with Gasteiger partial charge >= 0.3 is 12.1 Å². The molecule has 0 fully saturated rings. The molecule has 0 amide bonds. The van der Waals surface area contributed by atoms with Gasteiger partial charge in [0, 0.05) is 25.1 Å². The number of pyridine rings is 1. The molecule has 7 nitrogen and oxygen atoms in total. The van der Waals surface area contributed by atoms with Gasteiger partial charge in [0.1, 0.15) is 12.4 Å². The number of rotatable bonds is 11. The van der Waals surface area contributed by atoms with Gasteiger partial charge in [0.25, 0.3) is 0 Å². The summed E-state index contributed by atoms with van der Waals surface area (Å²) >= 11 is 0. The molecule has 0 aliphatic carbocycles. The Labute approximate surface area is 229 Å². The number of nitrogens with one attached hydrogen (secondary N) is 1. The van der Waals surface area contributed by atoms with Crippen molar-refractivity contribution in [3.8, 4) is 16.9 Å². The largest absolute Gasteiger partial charge is 0.508 e. The minimum Gasteiger partial charge on any atom is -0.508 e. The second-order valence-corrected chi connectivity index (χ2v) is 9.23. The van der Waals surface area contributed by atoms with Gasteiger partial charge in [0.15, 0.2) is 0 Å². The molecule has 210 valence electrons. The number of fused-ring (bicyclic) bond motifs is 1. The lowest BCUT2D eigenvalue weighted by molar-refractivity contribution is -0.137. The topological polar surface area (TPSA) is 101 Å². The predicted molar refractivity (Wildman–Crippen MR) is 144 cm³/mol. The summed E-state index contributed by atoms with van der Waals surface area (Å²) in [7, 11) is 1.59. The van der Waals surface area contributed by atoms with Crippen LogP contribution in [0.5, 0.6) is 5.75 Å². The monoisotopic (exact) mass is 554 g/mol. The molecule has 0 aliphatic rings. The molecule has 10 heteroatoms. The van der Waals surface area contributed by atoms with Crippen molar-refractivity contribution in [1.29, 1.82) is 0 Å². The lowest BCUT2D eigenvalue weighted by Crippen LogP contribution is -2.35. The highest BCUT2D eigenvalue weighted by Gasteiger charge is 2.30. The van der Waals surface area contributed by atoms with E-state index in [2.05, 4.69) is 10.3 Å². The smallest absolute Gasteiger partial charge is 0.416 e. The molecule has 3 N–H and O–H groups in total. The Bertz CT molecular complexity index is 1460. The first-order valence-electron chi connectivity index (χ1n) is 12.6. The average Bonchev–Trinajstić information content (AvgIpc) is 2.94. The van der Waals surface area contributed by atoms with E-state index in [9.17, 15) is 23.1 Å². The first-order chi connectivity index (χ1) is 19.2. The standard InChI is InChI=1S/C30H29F3N2O5/c1-39-18-24(13-19-5-8-25(37)9-6-19)34-17-23-16-27(29(38)40-12-11-36)26-15-21(7-10-28(26)35-23)20-3-2-4-22(14-20)30(31,32)33/h2-10,14-16,24,34,36-37H,11-13,17-18H2,1H3/t24-/m0/s1. The number of aliphatic hydroxyl groups is 1. The zero-order valence-electron chi connectivity index (χ0n) is 21.7. The SMILES string of the molecule is COC[C@H](Cc1ccc(O)cc1)NCc1cc(C(=O)OCCO)c2cc(-c3cccc(C(F)(F)F)c3)ccc2n1. The van der Waals surface area contributed by atoms with Gasteiger partial charge in [-0.3, -0.25) is 4.98 Å². The number of aromatic nitrogens is 1. The number of esters is 1.